The number of hydrogen-bond donors (Lipinski definition) is 1. The van der Waals surface area contributed by atoms with Crippen LogP contribution >= 0.6 is 0 Å². The Kier molecular flexibility index (Phi) is 4.28. The van der Waals surface area contributed by atoms with Gasteiger partial charge in [0.15, 0.2) is 11.6 Å². The van der Waals surface area contributed by atoms with Crippen LogP contribution < -0.4 is 0 Å². The number of aromatic amines is 1. The molecule has 6 rings (SSSR count). The fraction of sp³-hybridized carbons (Fsp3) is 0.136. The highest BCUT2D eigenvalue weighted by Gasteiger charge is 2.38. The van der Waals surface area contributed by atoms with Crippen LogP contribution in [0.15, 0.2) is 59.4 Å². The molecular formula is C22H15F2N7O2. The molecule has 0 fully saturated rings. The molecule has 1 atom stereocenters. The summed E-state index contributed by atoms with van der Waals surface area (Å²) >= 11 is 0. The van der Waals surface area contributed by atoms with Gasteiger partial charge in [-0.1, -0.05) is 6.07 Å². The number of H-pyrrole nitrogens is 1. The average molecular weight is 447 g/mol. The summed E-state index contributed by atoms with van der Waals surface area (Å²) in [5.74, 6) is -2.89. The number of nitrogens with zero attached hydrogens (tertiary/aromatic N) is 6. The Bertz CT molecular complexity index is 1470. The second kappa shape index (κ2) is 7.33. The van der Waals surface area contributed by atoms with Crippen LogP contribution in [0, 0.1) is 11.6 Å². The van der Waals surface area contributed by atoms with Crippen LogP contribution in [0.3, 0.4) is 0 Å². The summed E-state index contributed by atoms with van der Waals surface area (Å²) < 4.78 is 34.1. The molecule has 164 valence electrons. The van der Waals surface area contributed by atoms with Crippen LogP contribution in [0.2, 0.25) is 0 Å². The van der Waals surface area contributed by atoms with Crippen LogP contribution in [0.1, 0.15) is 33.8 Å². The molecule has 1 N–H and O–H groups in total. The van der Waals surface area contributed by atoms with Crippen molar-refractivity contribution in [2.24, 2.45) is 0 Å². The van der Waals surface area contributed by atoms with E-state index in [1.54, 1.807) is 15.7 Å². The first-order chi connectivity index (χ1) is 16.1. The van der Waals surface area contributed by atoms with E-state index in [1.807, 2.05) is 30.5 Å². The minimum Gasteiger partial charge on any atom is -0.412 e. The van der Waals surface area contributed by atoms with Gasteiger partial charge >= 0.3 is 11.8 Å². The monoisotopic (exact) mass is 447 g/mol. The summed E-state index contributed by atoms with van der Waals surface area (Å²) in [6.07, 6.45) is 3.98. The summed E-state index contributed by atoms with van der Waals surface area (Å²) in [4.78, 5) is 22.6. The lowest BCUT2D eigenvalue weighted by molar-refractivity contribution is 0.0646. The standard InChI is InChI=1S/C22H15F2N7O2/c23-14-5-4-12(9-15(14)24)20-27-28-21(33-20)22(32)30-8-6-16-18(26-11-25-16)19(30)17-10-13-3-1-2-7-31(13)29-17/h1-5,7,9-11,19H,6,8H2,(H,25,26). The molecular weight excluding hydrogens is 432 g/mol. The zero-order valence-corrected chi connectivity index (χ0v) is 16.9. The SMILES string of the molecule is O=C(c1nnc(-c2ccc(F)c(F)c2)o1)N1CCc2[nH]cnc2C1c1cc2ccccn2n1. The van der Waals surface area contributed by atoms with Crippen LogP contribution in [0.25, 0.3) is 17.0 Å². The van der Waals surface area contributed by atoms with Crippen molar-refractivity contribution in [2.45, 2.75) is 12.5 Å². The summed E-state index contributed by atoms with van der Waals surface area (Å²) in [7, 11) is 0. The molecule has 1 aliphatic heterocycles. The molecule has 0 bridgehead atoms. The fourth-order valence-corrected chi connectivity index (χ4v) is 4.06. The lowest BCUT2D eigenvalue weighted by Gasteiger charge is -2.32. The number of carbonyl (C=O) groups excluding carboxylic acids is 1. The van der Waals surface area contributed by atoms with Crippen LogP contribution in [-0.4, -0.2) is 47.1 Å². The van der Waals surface area contributed by atoms with Gasteiger partial charge in [0.25, 0.3) is 0 Å². The van der Waals surface area contributed by atoms with Gasteiger partial charge in [0.2, 0.25) is 5.89 Å². The smallest absolute Gasteiger partial charge is 0.312 e. The maximum Gasteiger partial charge on any atom is 0.312 e. The normalized spacial score (nSPS) is 15.7. The van der Waals surface area contributed by atoms with Crippen molar-refractivity contribution < 1.29 is 18.0 Å². The first-order valence-corrected chi connectivity index (χ1v) is 10.1. The second-order valence-corrected chi connectivity index (χ2v) is 7.60. The molecule has 1 unspecified atom stereocenters. The van der Waals surface area contributed by atoms with Crippen molar-refractivity contribution in [1.82, 2.24) is 34.7 Å². The van der Waals surface area contributed by atoms with Crippen molar-refractivity contribution in [3.05, 3.63) is 89.6 Å². The third-order valence-electron chi connectivity index (χ3n) is 5.63. The maximum absolute atomic E-state index is 13.6. The van der Waals surface area contributed by atoms with Gasteiger partial charge in [-0.2, -0.15) is 5.10 Å². The van der Waals surface area contributed by atoms with E-state index < -0.39 is 23.6 Å². The number of pyridine rings is 1. The quantitative estimate of drug-likeness (QED) is 0.456. The minimum atomic E-state index is -1.05. The molecule has 11 heteroatoms. The lowest BCUT2D eigenvalue weighted by atomic mass is 9.99. The molecule has 9 nitrogen and oxygen atoms in total. The largest absolute Gasteiger partial charge is 0.412 e. The first kappa shape index (κ1) is 19.3. The van der Waals surface area contributed by atoms with E-state index in [1.165, 1.54) is 6.07 Å². The lowest BCUT2D eigenvalue weighted by Crippen LogP contribution is -2.41. The van der Waals surface area contributed by atoms with Gasteiger partial charge in [0, 0.05) is 30.4 Å². The number of nitrogens with one attached hydrogen (secondary N) is 1. The molecule has 1 aliphatic rings. The van der Waals surface area contributed by atoms with Crippen LogP contribution in [0.4, 0.5) is 8.78 Å². The van der Waals surface area contributed by atoms with E-state index in [4.69, 9.17) is 4.42 Å². The van der Waals surface area contributed by atoms with E-state index in [9.17, 15) is 13.6 Å². The van der Waals surface area contributed by atoms with Gasteiger partial charge < -0.3 is 14.3 Å². The fourth-order valence-electron chi connectivity index (χ4n) is 4.06. The van der Waals surface area contributed by atoms with Crippen molar-refractivity contribution in [2.75, 3.05) is 6.54 Å². The highest BCUT2D eigenvalue weighted by molar-refractivity contribution is 5.90. The van der Waals surface area contributed by atoms with Crippen molar-refractivity contribution >= 4 is 11.4 Å². The number of halogens is 2. The number of imidazole rings is 1. The Balaban J connectivity index is 1.38. The zero-order chi connectivity index (χ0) is 22.5. The molecule has 1 aromatic carbocycles. The number of amides is 1. The maximum atomic E-state index is 13.6. The molecule has 5 heterocycles. The van der Waals surface area contributed by atoms with Gasteiger partial charge in [-0.05, 0) is 36.4 Å². The first-order valence-electron chi connectivity index (χ1n) is 10.1. The van der Waals surface area contributed by atoms with Crippen LogP contribution in [0.5, 0.6) is 0 Å². The van der Waals surface area contributed by atoms with Gasteiger partial charge in [0.1, 0.15) is 6.04 Å². The second-order valence-electron chi connectivity index (χ2n) is 7.60. The number of carbonyl (C=O) groups is 1. The van der Waals surface area contributed by atoms with Crippen molar-refractivity contribution in [3.63, 3.8) is 0 Å². The average Bonchev–Trinajstić information content (AvgIpc) is 3.58. The molecule has 0 aliphatic carbocycles. The van der Waals surface area contributed by atoms with E-state index in [-0.39, 0.29) is 17.3 Å². The number of rotatable bonds is 3. The third kappa shape index (κ3) is 3.16. The highest BCUT2D eigenvalue weighted by Crippen LogP contribution is 2.34. The molecule has 0 saturated heterocycles. The molecule has 33 heavy (non-hydrogen) atoms. The third-order valence-corrected chi connectivity index (χ3v) is 5.63. The Morgan fingerprint density at radius 2 is 2.03 bits per heavy atom. The summed E-state index contributed by atoms with van der Waals surface area (Å²) in [5, 5.41) is 12.3. The Hall–Kier alpha value is -4.41. The number of aromatic nitrogens is 6. The highest BCUT2D eigenvalue weighted by atomic mass is 19.2. The number of hydrogen-bond acceptors (Lipinski definition) is 6. The Morgan fingerprint density at radius 1 is 1.12 bits per heavy atom. The molecule has 4 aromatic heterocycles. The summed E-state index contributed by atoms with van der Waals surface area (Å²) in [5.41, 5.74) is 3.31. The van der Waals surface area contributed by atoms with Gasteiger partial charge in [-0.15, -0.1) is 10.2 Å². The predicted molar refractivity (Wildman–Crippen MR) is 110 cm³/mol. The molecule has 0 spiro atoms. The van der Waals surface area contributed by atoms with E-state index in [2.05, 4.69) is 25.3 Å². The number of fused-ring (bicyclic) bond motifs is 2. The number of benzene rings is 1. The Morgan fingerprint density at radius 3 is 2.88 bits per heavy atom. The molecule has 1 amide bonds. The van der Waals surface area contributed by atoms with Crippen LogP contribution in [-0.2, 0) is 6.42 Å². The van der Waals surface area contributed by atoms with E-state index >= 15 is 0 Å². The summed E-state index contributed by atoms with van der Waals surface area (Å²) in [6.45, 7) is 0.370. The minimum absolute atomic E-state index is 0.0843. The molecule has 5 aromatic rings. The Labute approximate surface area is 184 Å². The molecule has 0 saturated carbocycles. The van der Waals surface area contributed by atoms with Gasteiger partial charge in [-0.3, -0.25) is 4.79 Å². The van der Waals surface area contributed by atoms with Gasteiger partial charge in [-0.25, -0.2) is 18.3 Å². The van der Waals surface area contributed by atoms with Gasteiger partial charge in [0.05, 0.1) is 23.2 Å². The molecule has 0 radical (unpaired) electrons. The predicted octanol–water partition coefficient (Wildman–Crippen LogP) is 3.17. The van der Waals surface area contributed by atoms with E-state index in [0.717, 1.165) is 23.3 Å². The van der Waals surface area contributed by atoms with Crippen molar-refractivity contribution in [1.29, 1.82) is 0 Å². The zero-order valence-electron chi connectivity index (χ0n) is 16.9. The van der Waals surface area contributed by atoms with Crippen molar-refractivity contribution in [3.8, 4) is 11.5 Å². The topological polar surface area (TPSA) is 105 Å². The summed E-state index contributed by atoms with van der Waals surface area (Å²) in [6, 6.07) is 10.2. The van der Waals surface area contributed by atoms with E-state index in [0.29, 0.717) is 24.4 Å².